The molecule has 0 aromatic carbocycles. The highest BCUT2D eigenvalue weighted by molar-refractivity contribution is 7.12. The smallest absolute Gasteiger partial charge is 0.264 e. The molecule has 24 heavy (non-hydrogen) atoms. The Morgan fingerprint density at radius 3 is 2.88 bits per heavy atom. The topological polar surface area (TPSA) is 58.6 Å². The van der Waals surface area contributed by atoms with Gasteiger partial charge in [-0.15, -0.1) is 11.3 Å². The maximum Gasteiger partial charge on any atom is 0.264 e. The zero-order valence-corrected chi connectivity index (χ0v) is 14.2. The lowest BCUT2D eigenvalue weighted by molar-refractivity contribution is 0.0695. The van der Waals surface area contributed by atoms with Crippen molar-refractivity contribution < 1.29 is 9.53 Å². The van der Waals surface area contributed by atoms with Crippen molar-refractivity contribution in [2.24, 2.45) is 5.41 Å². The van der Waals surface area contributed by atoms with Crippen LogP contribution in [-0.4, -0.2) is 60.2 Å². The van der Waals surface area contributed by atoms with Gasteiger partial charge in [0.05, 0.1) is 18.1 Å². The van der Waals surface area contributed by atoms with Crippen molar-refractivity contribution in [3.63, 3.8) is 0 Å². The van der Waals surface area contributed by atoms with Crippen LogP contribution < -0.4 is 4.90 Å². The minimum absolute atomic E-state index is 0.0391. The van der Waals surface area contributed by atoms with E-state index in [2.05, 4.69) is 14.9 Å². The van der Waals surface area contributed by atoms with Crippen molar-refractivity contribution >= 4 is 23.2 Å². The molecule has 2 aromatic rings. The normalized spacial score (nSPS) is 24.3. The zero-order valence-electron chi connectivity index (χ0n) is 13.4. The summed E-state index contributed by atoms with van der Waals surface area (Å²) in [6.45, 7) is 4.39. The molecule has 0 bridgehead atoms. The van der Waals surface area contributed by atoms with E-state index < -0.39 is 0 Å². The Balaban J connectivity index is 1.51. The van der Waals surface area contributed by atoms with Crippen LogP contribution in [0.25, 0.3) is 0 Å². The first-order valence-corrected chi connectivity index (χ1v) is 9.06. The van der Waals surface area contributed by atoms with Gasteiger partial charge >= 0.3 is 0 Å². The molecule has 1 spiro atoms. The number of carbonyl (C=O) groups excluding carboxylic acids is 1. The Labute approximate surface area is 145 Å². The van der Waals surface area contributed by atoms with Gasteiger partial charge in [-0.05, 0) is 23.9 Å². The second-order valence-corrected chi connectivity index (χ2v) is 7.42. The Kier molecular flexibility index (Phi) is 4.20. The van der Waals surface area contributed by atoms with Crippen molar-refractivity contribution in [1.82, 2.24) is 14.9 Å². The first-order chi connectivity index (χ1) is 11.8. The lowest BCUT2D eigenvalue weighted by Crippen LogP contribution is -2.43. The molecule has 2 saturated heterocycles. The van der Waals surface area contributed by atoms with Gasteiger partial charge in [0.2, 0.25) is 5.95 Å². The Morgan fingerprint density at radius 1 is 1.21 bits per heavy atom. The van der Waals surface area contributed by atoms with E-state index in [1.54, 1.807) is 12.4 Å². The van der Waals surface area contributed by atoms with E-state index in [0.29, 0.717) is 19.8 Å². The molecule has 1 amide bonds. The summed E-state index contributed by atoms with van der Waals surface area (Å²) in [5.41, 5.74) is -0.0391. The lowest BCUT2D eigenvalue weighted by atomic mass is 9.87. The molecule has 126 valence electrons. The predicted octanol–water partition coefficient (Wildman–Crippen LogP) is 1.91. The van der Waals surface area contributed by atoms with E-state index in [0.717, 1.165) is 36.9 Å². The molecule has 4 rings (SSSR count). The number of thiophene rings is 1. The van der Waals surface area contributed by atoms with E-state index >= 15 is 0 Å². The number of rotatable bonds is 2. The van der Waals surface area contributed by atoms with Gasteiger partial charge in [-0.3, -0.25) is 4.79 Å². The molecule has 2 aromatic heterocycles. The van der Waals surface area contributed by atoms with Gasteiger partial charge in [0.1, 0.15) is 0 Å². The van der Waals surface area contributed by atoms with Gasteiger partial charge in [0, 0.05) is 44.0 Å². The molecule has 0 unspecified atom stereocenters. The number of ether oxygens (including phenoxy) is 1. The highest BCUT2D eigenvalue weighted by Gasteiger charge is 2.43. The van der Waals surface area contributed by atoms with Crippen LogP contribution in [0, 0.1) is 5.41 Å². The molecular weight excluding hydrogens is 324 g/mol. The lowest BCUT2D eigenvalue weighted by Gasteiger charge is -2.31. The molecule has 0 N–H and O–H groups in total. The van der Waals surface area contributed by atoms with Gasteiger partial charge in [-0.2, -0.15) is 0 Å². The third-order valence-corrected chi connectivity index (χ3v) is 5.59. The average molecular weight is 344 g/mol. The number of carbonyl (C=O) groups is 1. The standard InChI is InChI=1S/C17H20N4O2S/c22-15(14-3-1-10-24-14)20-8-9-23-13-17(11-20)4-7-21(12-17)16-18-5-2-6-19-16/h1-3,5-6,10H,4,7-9,11-13H2/t17-/m1/s1. The van der Waals surface area contributed by atoms with Gasteiger partial charge in [-0.1, -0.05) is 6.07 Å². The monoisotopic (exact) mass is 344 g/mol. The fourth-order valence-corrected chi connectivity index (χ4v) is 4.22. The van der Waals surface area contributed by atoms with Crippen LogP contribution in [0.2, 0.25) is 0 Å². The SMILES string of the molecule is O=C(c1cccs1)N1CCOC[C@]2(CCN(c3ncccn3)C2)C1. The molecule has 0 saturated carbocycles. The maximum atomic E-state index is 12.7. The highest BCUT2D eigenvalue weighted by Crippen LogP contribution is 2.35. The number of hydrogen-bond acceptors (Lipinski definition) is 6. The Hall–Kier alpha value is -1.99. The third kappa shape index (κ3) is 3.01. The number of amides is 1. The van der Waals surface area contributed by atoms with Crippen molar-refractivity contribution in [3.05, 3.63) is 40.8 Å². The van der Waals surface area contributed by atoms with Crippen LogP contribution in [0.1, 0.15) is 16.1 Å². The summed E-state index contributed by atoms with van der Waals surface area (Å²) >= 11 is 1.50. The van der Waals surface area contributed by atoms with Gasteiger partial charge in [-0.25, -0.2) is 9.97 Å². The van der Waals surface area contributed by atoms with Crippen molar-refractivity contribution in [2.75, 3.05) is 44.3 Å². The fourth-order valence-electron chi connectivity index (χ4n) is 3.53. The van der Waals surface area contributed by atoms with Crippen molar-refractivity contribution in [1.29, 1.82) is 0 Å². The minimum atomic E-state index is -0.0391. The van der Waals surface area contributed by atoms with Gasteiger partial charge < -0.3 is 14.5 Å². The van der Waals surface area contributed by atoms with Gasteiger partial charge in [0.25, 0.3) is 5.91 Å². The van der Waals surface area contributed by atoms with Crippen molar-refractivity contribution in [3.8, 4) is 0 Å². The van der Waals surface area contributed by atoms with Crippen LogP contribution >= 0.6 is 11.3 Å². The Bertz CT molecular complexity index is 694. The van der Waals surface area contributed by atoms with Crippen LogP contribution in [-0.2, 0) is 4.74 Å². The second kappa shape index (κ2) is 6.49. The molecule has 0 radical (unpaired) electrons. The molecule has 7 heteroatoms. The second-order valence-electron chi connectivity index (χ2n) is 6.48. The van der Waals surface area contributed by atoms with Crippen LogP contribution in [0.15, 0.2) is 36.0 Å². The number of nitrogens with zero attached hydrogens (tertiary/aromatic N) is 4. The molecule has 2 aliphatic rings. The van der Waals surface area contributed by atoms with Crippen LogP contribution in [0.5, 0.6) is 0 Å². The summed E-state index contributed by atoms with van der Waals surface area (Å²) in [4.78, 5) is 26.4. The summed E-state index contributed by atoms with van der Waals surface area (Å²) in [5.74, 6) is 0.874. The summed E-state index contributed by atoms with van der Waals surface area (Å²) < 4.78 is 5.86. The molecule has 0 aliphatic carbocycles. The fraction of sp³-hybridized carbons (Fsp3) is 0.471. The molecule has 4 heterocycles. The molecular formula is C17H20N4O2S. The molecule has 2 aliphatic heterocycles. The first-order valence-electron chi connectivity index (χ1n) is 8.18. The van der Waals surface area contributed by atoms with Crippen LogP contribution in [0.3, 0.4) is 0 Å². The molecule has 6 nitrogen and oxygen atoms in total. The predicted molar refractivity (Wildman–Crippen MR) is 92.3 cm³/mol. The number of anilines is 1. The quantitative estimate of drug-likeness (QED) is 0.833. The van der Waals surface area contributed by atoms with Crippen LogP contribution in [0.4, 0.5) is 5.95 Å². The number of hydrogen-bond donors (Lipinski definition) is 0. The summed E-state index contributed by atoms with van der Waals surface area (Å²) in [6, 6.07) is 5.64. The van der Waals surface area contributed by atoms with E-state index in [-0.39, 0.29) is 11.3 Å². The van der Waals surface area contributed by atoms with E-state index in [1.807, 2.05) is 28.5 Å². The van der Waals surface area contributed by atoms with Gasteiger partial charge in [0.15, 0.2) is 0 Å². The maximum absolute atomic E-state index is 12.7. The average Bonchev–Trinajstić information content (AvgIpc) is 3.24. The van der Waals surface area contributed by atoms with E-state index in [9.17, 15) is 4.79 Å². The zero-order chi connectivity index (χ0) is 16.4. The van der Waals surface area contributed by atoms with E-state index in [1.165, 1.54) is 11.3 Å². The summed E-state index contributed by atoms with van der Waals surface area (Å²) in [7, 11) is 0. The molecule has 2 fully saturated rings. The minimum Gasteiger partial charge on any atom is -0.379 e. The largest absolute Gasteiger partial charge is 0.379 e. The van der Waals surface area contributed by atoms with Crippen molar-refractivity contribution in [2.45, 2.75) is 6.42 Å². The first kappa shape index (κ1) is 15.5. The molecule has 1 atom stereocenters. The van der Waals surface area contributed by atoms with E-state index in [4.69, 9.17) is 4.74 Å². The summed E-state index contributed by atoms with van der Waals surface area (Å²) in [6.07, 6.45) is 4.52. The highest BCUT2D eigenvalue weighted by atomic mass is 32.1. The number of aromatic nitrogens is 2. The summed E-state index contributed by atoms with van der Waals surface area (Å²) in [5, 5.41) is 1.95. The third-order valence-electron chi connectivity index (χ3n) is 4.73. The Morgan fingerprint density at radius 2 is 2.08 bits per heavy atom.